The van der Waals surface area contributed by atoms with Crippen molar-refractivity contribution in [3.63, 3.8) is 0 Å². The number of carbonyl (C=O) groups excluding carboxylic acids is 3. The van der Waals surface area contributed by atoms with Gasteiger partial charge in [0.25, 0.3) is 0 Å². The molecule has 0 aliphatic rings. The van der Waals surface area contributed by atoms with E-state index in [4.69, 9.17) is 14.2 Å². The van der Waals surface area contributed by atoms with Crippen molar-refractivity contribution < 1.29 is 28.6 Å². The summed E-state index contributed by atoms with van der Waals surface area (Å²) < 4.78 is 17.0. The minimum Gasteiger partial charge on any atom is -0.462 e. The number of esters is 3. The molecule has 0 saturated heterocycles. The van der Waals surface area contributed by atoms with E-state index >= 15 is 0 Å². The molecule has 1 unspecified atom stereocenters. The average Bonchev–Trinajstić information content (AvgIpc) is 3.43. The van der Waals surface area contributed by atoms with E-state index in [0.29, 0.717) is 19.3 Å². The number of ether oxygens (including phenoxy) is 3. The average molecular weight is 1070 g/mol. The van der Waals surface area contributed by atoms with E-state index in [-0.39, 0.29) is 31.1 Å². The maximum absolute atomic E-state index is 12.9. The molecule has 0 bridgehead atoms. The third kappa shape index (κ3) is 63.0. The Kier molecular flexibility index (Phi) is 61.8. The van der Waals surface area contributed by atoms with Crippen LogP contribution in [0.3, 0.4) is 0 Å². The monoisotopic (exact) mass is 1070 g/mol. The largest absolute Gasteiger partial charge is 0.462 e. The molecule has 0 aliphatic heterocycles. The second-order valence-corrected chi connectivity index (χ2v) is 21.6. The van der Waals surface area contributed by atoms with Crippen LogP contribution in [0.5, 0.6) is 0 Å². The van der Waals surface area contributed by atoms with Crippen molar-refractivity contribution in [2.45, 2.75) is 322 Å². The maximum atomic E-state index is 12.9. The summed E-state index contributed by atoms with van der Waals surface area (Å²) in [5, 5.41) is 0. The Balaban J connectivity index is 4.42. The van der Waals surface area contributed by atoms with E-state index in [1.165, 1.54) is 167 Å². The van der Waals surface area contributed by atoms with Crippen LogP contribution in [-0.2, 0) is 28.6 Å². The molecule has 77 heavy (non-hydrogen) atoms. The Morgan fingerprint density at radius 2 is 0.506 bits per heavy atom. The minimum absolute atomic E-state index is 0.0865. The van der Waals surface area contributed by atoms with E-state index in [2.05, 4.69) is 118 Å². The smallest absolute Gasteiger partial charge is 0.306 e. The number of hydrogen-bond donors (Lipinski definition) is 0. The normalized spacial score (nSPS) is 12.7. The van der Waals surface area contributed by atoms with Gasteiger partial charge in [-0.05, 0) is 122 Å². The molecule has 1 atom stereocenters. The fourth-order valence-corrected chi connectivity index (χ4v) is 9.14. The third-order valence-electron chi connectivity index (χ3n) is 14.0. The predicted octanol–water partition coefficient (Wildman–Crippen LogP) is 22.4. The lowest BCUT2D eigenvalue weighted by Crippen LogP contribution is -2.30. The molecular formula is C71H122O6. The van der Waals surface area contributed by atoms with Crippen molar-refractivity contribution in [2.75, 3.05) is 13.2 Å². The molecule has 0 aromatic rings. The number of allylic oxidation sites excluding steroid dienone is 16. The first-order valence-electron chi connectivity index (χ1n) is 32.7. The van der Waals surface area contributed by atoms with Gasteiger partial charge in [0, 0.05) is 19.3 Å². The van der Waals surface area contributed by atoms with Gasteiger partial charge in [-0.1, -0.05) is 272 Å². The molecule has 0 fully saturated rings. The van der Waals surface area contributed by atoms with Crippen molar-refractivity contribution in [1.29, 1.82) is 0 Å². The first kappa shape index (κ1) is 73.3. The minimum atomic E-state index is -0.792. The Morgan fingerprint density at radius 3 is 0.818 bits per heavy atom. The van der Waals surface area contributed by atoms with Crippen molar-refractivity contribution in [3.8, 4) is 0 Å². The highest BCUT2D eigenvalue weighted by Crippen LogP contribution is 2.16. The van der Waals surface area contributed by atoms with E-state index in [1.807, 2.05) is 0 Å². The van der Waals surface area contributed by atoms with Crippen molar-refractivity contribution in [2.24, 2.45) is 0 Å². The highest BCUT2D eigenvalue weighted by atomic mass is 16.6. The molecule has 0 aromatic heterocycles. The molecule has 6 heteroatoms. The fourth-order valence-electron chi connectivity index (χ4n) is 9.14. The second-order valence-electron chi connectivity index (χ2n) is 21.6. The lowest BCUT2D eigenvalue weighted by Gasteiger charge is -2.18. The van der Waals surface area contributed by atoms with E-state index in [0.717, 1.165) is 109 Å². The fraction of sp³-hybridized carbons (Fsp3) is 0.732. The Labute approximate surface area is 477 Å². The Morgan fingerprint density at radius 1 is 0.273 bits per heavy atom. The molecule has 0 heterocycles. The second kappa shape index (κ2) is 64.9. The standard InChI is InChI=1S/C71H122O6/c1-4-7-10-13-16-19-22-25-28-31-34-35-38-40-43-46-49-52-55-58-61-64-70(73)76-67-68(77-71(74)65-62-59-56-53-50-47-44-41-37-33-30-27-24-21-18-15-12-9-6-3)66-75-69(72)63-60-57-54-51-48-45-42-39-36-32-29-26-23-20-17-14-11-8-5-2/h9,12,17-18,20-22,25-27,29-31,34,37,41,68H,4-8,10-11,13-16,19,23-24,28,32-33,35-36,38-40,42-67H2,1-3H3/b12-9-,20-17-,21-18-,25-22-,29-26-,30-27-,34-31-,41-37-. The Bertz CT molecular complexity index is 1510. The van der Waals surface area contributed by atoms with Gasteiger partial charge in [-0.25, -0.2) is 0 Å². The molecule has 0 radical (unpaired) electrons. The highest BCUT2D eigenvalue weighted by molar-refractivity contribution is 5.71. The molecule has 0 aromatic carbocycles. The summed E-state index contributed by atoms with van der Waals surface area (Å²) >= 11 is 0. The van der Waals surface area contributed by atoms with Crippen LogP contribution in [0.1, 0.15) is 316 Å². The van der Waals surface area contributed by atoms with Gasteiger partial charge >= 0.3 is 17.9 Å². The molecule has 0 rings (SSSR count). The van der Waals surface area contributed by atoms with Crippen LogP contribution >= 0.6 is 0 Å². The van der Waals surface area contributed by atoms with Gasteiger partial charge in [0.2, 0.25) is 0 Å². The molecule has 0 N–H and O–H groups in total. The predicted molar refractivity (Wildman–Crippen MR) is 334 cm³/mol. The summed E-state index contributed by atoms with van der Waals surface area (Å²) in [6.45, 7) is 6.51. The zero-order chi connectivity index (χ0) is 55.7. The van der Waals surface area contributed by atoms with E-state index < -0.39 is 6.10 Å². The van der Waals surface area contributed by atoms with Crippen LogP contribution in [0, 0.1) is 0 Å². The summed E-state index contributed by atoms with van der Waals surface area (Å²) in [5.41, 5.74) is 0. The van der Waals surface area contributed by atoms with Gasteiger partial charge in [0.15, 0.2) is 6.10 Å². The zero-order valence-corrected chi connectivity index (χ0v) is 50.7. The first-order chi connectivity index (χ1) is 38.0. The van der Waals surface area contributed by atoms with Crippen LogP contribution < -0.4 is 0 Å². The molecular weight excluding hydrogens is 949 g/mol. The summed E-state index contributed by atoms with van der Waals surface area (Å²) in [5.74, 6) is -0.897. The van der Waals surface area contributed by atoms with Crippen LogP contribution in [0.15, 0.2) is 97.2 Å². The summed E-state index contributed by atoms with van der Waals surface area (Å²) in [6.07, 6.45) is 86.9. The Hall–Kier alpha value is -3.67. The van der Waals surface area contributed by atoms with Crippen LogP contribution in [0.2, 0.25) is 0 Å². The molecule has 0 amide bonds. The van der Waals surface area contributed by atoms with E-state index in [9.17, 15) is 14.4 Å². The summed E-state index contributed by atoms with van der Waals surface area (Å²) in [4.78, 5) is 38.4. The number of unbranched alkanes of at least 4 members (excludes halogenated alkanes) is 32. The SMILES string of the molecule is CC/C=C\C/C=C\C/C=C\C/C=C\CCCCCCCCC(=O)OC(COC(=O)CCCCCCCCCCC/C=C\C/C=C\CCCCC)COC(=O)CCCCCCCCCCC/C=C\C/C=C\CCCCCCC. The van der Waals surface area contributed by atoms with Crippen molar-refractivity contribution in [1.82, 2.24) is 0 Å². The molecule has 442 valence electrons. The van der Waals surface area contributed by atoms with Gasteiger partial charge in [-0.15, -0.1) is 0 Å². The maximum Gasteiger partial charge on any atom is 0.306 e. The van der Waals surface area contributed by atoms with Crippen LogP contribution in [0.4, 0.5) is 0 Å². The van der Waals surface area contributed by atoms with Crippen LogP contribution in [-0.4, -0.2) is 37.2 Å². The van der Waals surface area contributed by atoms with E-state index in [1.54, 1.807) is 0 Å². The number of carbonyl (C=O) groups is 3. The topological polar surface area (TPSA) is 78.9 Å². The lowest BCUT2D eigenvalue weighted by molar-refractivity contribution is -0.167. The van der Waals surface area contributed by atoms with Crippen LogP contribution in [0.25, 0.3) is 0 Å². The highest BCUT2D eigenvalue weighted by Gasteiger charge is 2.19. The molecule has 0 aliphatic carbocycles. The van der Waals surface area contributed by atoms with Gasteiger partial charge in [-0.2, -0.15) is 0 Å². The van der Waals surface area contributed by atoms with Gasteiger partial charge in [0.05, 0.1) is 0 Å². The van der Waals surface area contributed by atoms with Crippen molar-refractivity contribution in [3.05, 3.63) is 97.2 Å². The van der Waals surface area contributed by atoms with Crippen molar-refractivity contribution >= 4 is 17.9 Å². The molecule has 0 spiro atoms. The zero-order valence-electron chi connectivity index (χ0n) is 50.7. The molecule has 0 saturated carbocycles. The lowest BCUT2D eigenvalue weighted by atomic mass is 10.1. The first-order valence-corrected chi connectivity index (χ1v) is 32.7. The third-order valence-corrected chi connectivity index (χ3v) is 14.0. The quantitative estimate of drug-likeness (QED) is 0.0261. The number of rotatable bonds is 59. The summed E-state index contributed by atoms with van der Waals surface area (Å²) in [7, 11) is 0. The van der Waals surface area contributed by atoms with Gasteiger partial charge in [-0.3, -0.25) is 14.4 Å². The summed E-state index contributed by atoms with van der Waals surface area (Å²) in [6, 6.07) is 0. The van der Waals surface area contributed by atoms with Gasteiger partial charge in [0.1, 0.15) is 13.2 Å². The molecule has 6 nitrogen and oxygen atoms in total. The van der Waals surface area contributed by atoms with Gasteiger partial charge < -0.3 is 14.2 Å². The number of hydrogen-bond acceptors (Lipinski definition) is 6.